The van der Waals surface area contributed by atoms with E-state index in [2.05, 4.69) is 21.1 Å². The van der Waals surface area contributed by atoms with Crippen molar-refractivity contribution in [3.63, 3.8) is 0 Å². The van der Waals surface area contributed by atoms with Crippen LogP contribution in [0, 0.1) is 6.92 Å². The zero-order valence-electron chi connectivity index (χ0n) is 12.8. The maximum absolute atomic E-state index is 12.3. The third kappa shape index (κ3) is 2.92. The highest BCUT2D eigenvalue weighted by Crippen LogP contribution is 2.17. The number of sulfonamides is 1. The average Bonchev–Trinajstić information content (AvgIpc) is 3.10. The van der Waals surface area contributed by atoms with Crippen LogP contribution in [-0.4, -0.2) is 18.0 Å². The van der Waals surface area contributed by atoms with Crippen LogP contribution in [0.15, 0.2) is 29.4 Å². The van der Waals surface area contributed by atoms with E-state index < -0.39 is 10.0 Å². The summed E-state index contributed by atoms with van der Waals surface area (Å²) >= 11 is 0. The van der Waals surface area contributed by atoms with Gasteiger partial charge in [-0.3, -0.25) is 0 Å². The van der Waals surface area contributed by atoms with Gasteiger partial charge in [0, 0.05) is 32.4 Å². The molecule has 0 fully saturated rings. The van der Waals surface area contributed by atoms with E-state index in [0.717, 1.165) is 18.7 Å². The van der Waals surface area contributed by atoms with Crippen molar-refractivity contribution in [1.29, 1.82) is 0 Å². The molecule has 1 aromatic carbocycles. The largest absolute Gasteiger partial charge is 0.334 e. The summed E-state index contributed by atoms with van der Waals surface area (Å²) in [6.45, 7) is 6.46. The Morgan fingerprint density at radius 3 is 2.82 bits per heavy atom. The Morgan fingerprint density at radius 2 is 2.09 bits per heavy atom. The number of fused-ring (bicyclic) bond motifs is 1. The van der Waals surface area contributed by atoms with E-state index in [1.165, 1.54) is 11.1 Å². The summed E-state index contributed by atoms with van der Waals surface area (Å²) in [6.07, 6.45) is 1.57. The van der Waals surface area contributed by atoms with Gasteiger partial charge in [-0.05, 0) is 30.5 Å². The Labute approximate surface area is 130 Å². The first-order chi connectivity index (χ1) is 10.5. The lowest BCUT2D eigenvalue weighted by atomic mass is 10.1. The molecule has 7 heteroatoms. The quantitative estimate of drug-likeness (QED) is 0.870. The SMILES string of the molecule is CCn1cc(S(=O)(=O)NCc2ccc3c(c2)CNC3)nc1C. The number of aryl methyl sites for hydroxylation is 2. The van der Waals surface area contributed by atoms with Crippen LogP contribution in [0.3, 0.4) is 0 Å². The Hall–Kier alpha value is -1.70. The molecule has 1 aromatic heterocycles. The standard InChI is InChI=1S/C15H20N4O2S/c1-3-19-10-15(18-11(19)2)22(20,21)17-7-12-4-5-13-8-16-9-14(13)6-12/h4-6,10,16-17H,3,7-9H2,1-2H3. The van der Waals surface area contributed by atoms with Crippen molar-refractivity contribution in [2.75, 3.05) is 0 Å². The third-order valence-corrected chi connectivity index (χ3v) is 5.21. The van der Waals surface area contributed by atoms with Gasteiger partial charge in [0.05, 0.1) is 0 Å². The van der Waals surface area contributed by atoms with Gasteiger partial charge < -0.3 is 9.88 Å². The minimum absolute atomic E-state index is 0.0784. The predicted molar refractivity (Wildman–Crippen MR) is 83.6 cm³/mol. The van der Waals surface area contributed by atoms with Crippen LogP contribution in [0.25, 0.3) is 0 Å². The fourth-order valence-corrected chi connectivity index (χ4v) is 3.66. The van der Waals surface area contributed by atoms with Gasteiger partial charge in [-0.25, -0.2) is 18.1 Å². The van der Waals surface area contributed by atoms with Crippen molar-refractivity contribution in [3.8, 4) is 0 Å². The van der Waals surface area contributed by atoms with Gasteiger partial charge in [0.25, 0.3) is 10.0 Å². The van der Waals surface area contributed by atoms with Crippen LogP contribution >= 0.6 is 0 Å². The van der Waals surface area contributed by atoms with E-state index in [1.807, 2.05) is 23.6 Å². The summed E-state index contributed by atoms with van der Waals surface area (Å²) in [7, 11) is -3.58. The minimum Gasteiger partial charge on any atom is -0.334 e. The highest BCUT2D eigenvalue weighted by molar-refractivity contribution is 7.89. The Kier molecular flexibility index (Phi) is 4.03. The molecular formula is C15H20N4O2S. The van der Waals surface area contributed by atoms with Crippen LogP contribution < -0.4 is 10.0 Å². The van der Waals surface area contributed by atoms with Crippen LogP contribution in [0.5, 0.6) is 0 Å². The van der Waals surface area contributed by atoms with E-state index >= 15 is 0 Å². The van der Waals surface area contributed by atoms with E-state index in [4.69, 9.17) is 0 Å². The lowest BCUT2D eigenvalue weighted by Crippen LogP contribution is -2.23. The molecule has 22 heavy (non-hydrogen) atoms. The zero-order chi connectivity index (χ0) is 15.7. The molecule has 1 aliphatic rings. The molecule has 0 bridgehead atoms. The van der Waals surface area contributed by atoms with Gasteiger partial charge in [0.15, 0.2) is 5.03 Å². The molecule has 2 heterocycles. The molecule has 6 nitrogen and oxygen atoms in total. The Bertz CT molecular complexity index is 796. The third-order valence-electron chi connectivity index (χ3n) is 3.94. The van der Waals surface area contributed by atoms with Crippen LogP contribution in [0.4, 0.5) is 0 Å². The van der Waals surface area contributed by atoms with Crippen LogP contribution in [-0.2, 0) is 36.2 Å². The molecule has 1 aliphatic heterocycles. The van der Waals surface area contributed by atoms with Crippen molar-refractivity contribution in [3.05, 3.63) is 46.9 Å². The molecule has 0 radical (unpaired) electrons. The number of aromatic nitrogens is 2. The smallest absolute Gasteiger partial charge is 0.259 e. The van der Waals surface area contributed by atoms with Gasteiger partial charge in [-0.15, -0.1) is 0 Å². The van der Waals surface area contributed by atoms with Gasteiger partial charge >= 0.3 is 0 Å². The zero-order valence-corrected chi connectivity index (χ0v) is 13.6. The van der Waals surface area contributed by atoms with E-state index in [0.29, 0.717) is 12.4 Å². The summed E-state index contributed by atoms with van der Waals surface area (Å²) in [5, 5.41) is 3.36. The van der Waals surface area contributed by atoms with Crippen molar-refractivity contribution in [1.82, 2.24) is 19.6 Å². The minimum atomic E-state index is -3.58. The molecule has 0 saturated carbocycles. The number of hydrogen-bond acceptors (Lipinski definition) is 4. The van der Waals surface area contributed by atoms with Gasteiger partial charge in [-0.1, -0.05) is 18.2 Å². The molecule has 0 atom stereocenters. The first kappa shape index (κ1) is 15.2. The van der Waals surface area contributed by atoms with Crippen LogP contribution in [0.2, 0.25) is 0 Å². The summed E-state index contributed by atoms with van der Waals surface area (Å²) in [5.74, 6) is 0.700. The maximum Gasteiger partial charge on any atom is 0.259 e. The Balaban J connectivity index is 1.74. The van der Waals surface area contributed by atoms with E-state index in [-0.39, 0.29) is 11.6 Å². The molecular weight excluding hydrogens is 300 g/mol. The van der Waals surface area contributed by atoms with E-state index in [1.54, 1.807) is 13.1 Å². The number of hydrogen-bond donors (Lipinski definition) is 2. The molecule has 2 N–H and O–H groups in total. The number of nitrogens with one attached hydrogen (secondary N) is 2. The molecule has 0 unspecified atom stereocenters. The monoisotopic (exact) mass is 320 g/mol. The predicted octanol–water partition coefficient (Wildman–Crippen LogP) is 1.29. The second-order valence-electron chi connectivity index (χ2n) is 5.44. The summed E-state index contributed by atoms with van der Waals surface area (Å²) in [6, 6.07) is 6.06. The number of nitrogens with zero attached hydrogens (tertiary/aromatic N) is 2. The maximum atomic E-state index is 12.3. The first-order valence-electron chi connectivity index (χ1n) is 7.34. The van der Waals surface area contributed by atoms with Gasteiger partial charge in [0.1, 0.15) is 5.82 Å². The summed E-state index contributed by atoms with van der Waals surface area (Å²) < 4.78 is 29.1. The van der Waals surface area contributed by atoms with Crippen LogP contribution in [0.1, 0.15) is 29.4 Å². The average molecular weight is 320 g/mol. The van der Waals surface area contributed by atoms with Crippen molar-refractivity contribution in [2.45, 2.75) is 45.1 Å². The fourth-order valence-electron chi connectivity index (χ4n) is 2.64. The molecule has 3 rings (SSSR count). The summed E-state index contributed by atoms with van der Waals surface area (Å²) in [4.78, 5) is 4.13. The summed E-state index contributed by atoms with van der Waals surface area (Å²) in [5.41, 5.74) is 3.48. The second-order valence-corrected chi connectivity index (χ2v) is 7.16. The highest BCUT2D eigenvalue weighted by Gasteiger charge is 2.19. The van der Waals surface area contributed by atoms with Crippen molar-refractivity contribution < 1.29 is 8.42 Å². The lowest BCUT2D eigenvalue weighted by Gasteiger charge is -2.06. The molecule has 0 spiro atoms. The number of benzene rings is 1. The van der Waals surface area contributed by atoms with Crippen molar-refractivity contribution in [2.24, 2.45) is 0 Å². The Morgan fingerprint density at radius 1 is 1.32 bits per heavy atom. The van der Waals surface area contributed by atoms with Gasteiger partial charge in [-0.2, -0.15) is 0 Å². The normalized spacial score (nSPS) is 14.3. The number of imidazole rings is 1. The van der Waals surface area contributed by atoms with E-state index in [9.17, 15) is 8.42 Å². The first-order valence-corrected chi connectivity index (χ1v) is 8.83. The lowest BCUT2D eigenvalue weighted by molar-refractivity contribution is 0.577. The molecule has 0 aliphatic carbocycles. The number of rotatable bonds is 5. The fraction of sp³-hybridized carbons (Fsp3) is 0.400. The molecule has 0 amide bonds. The topological polar surface area (TPSA) is 76.0 Å². The van der Waals surface area contributed by atoms with Crippen molar-refractivity contribution >= 4 is 10.0 Å². The molecule has 118 valence electrons. The molecule has 2 aromatic rings. The molecule has 0 saturated heterocycles. The second kappa shape index (κ2) is 5.83. The highest BCUT2D eigenvalue weighted by atomic mass is 32.2. The van der Waals surface area contributed by atoms with Gasteiger partial charge in [0.2, 0.25) is 0 Å².